The van der Waals surface area contributed by atoms with Gasteiger partial charge in [-0.1, -0.05) is 32.9 Å². The number of aryl methyl sites for hydroxylation is 1. The molecular weight excluding hydrogens is 264 g/mol. The summed E-state index contributed by atoms with van der Waals surface area (Å²) in [6, 6.07) is 5.35. The molecule has 1 aromatic rings. The lowest BCUT2D eigenvalue weighted by Crippen LogP contribution is -2.25. The van der Waals surface area contributed by atoms with Crippen LogP contribution in [-0.4, -0.2) is 37.1 Å². The fraction of sp³-hybridized carbons (Fsp3) is 0.571. The van der Waals surface area contributed by atoms with Crippen LogP contribution in [0.2, 0.25) is 0 Å². The summed E-state index contributed by atoms with van der Waals surface area (Å²) in [7, 11) is -3.60. The quantitative estimate of drug-likeness (QED) is 0.878. The summed E-state index contributed by atoms with van der Waals surface area (Å²) in [5, 5.41) is 18.1. The highest BCUT2D eigenvalue weighted by Gasteiger charge is 2.23. The molecule has 0 heterocycles. The molecule has 0 amide bonds. The van der Waals surface area contributed by atoms with Gasteiger partial charge in [0, 0.05) is 0 Å². The maximum absolute atomic E-state index is 12.2. The second kappa shape index (κ2) is 5.61. The van der Waals surface area contributed by atoms with Crippen molar-refractivity contribution in [3.05, 3.63) is 29.3 Å². The van der Waals surface area contributed by atoms with Gasteiger partial charge in [0.2, 0.25) is 0 Å². The van der Waals surface area contributed by atoms with Gasteiger partial charge in [0.05, 0.1) is 23.4 Å². The minimum atomic E-state index is -3.60. The molecule has 0 spiro atoms. The van der Waals surface area contributed by atoms with E-state index in [9.17, 15) is 13.5 Å². The highest BCUT2D eigenvalue weighted by atomic mass is 32.2. The summed E-state index contributed by atoms with van der Waals surface area (Å²) in [5.74, 6) is -0.460. The molecular formula is C14H22O4S. The molecule has 1 atom stereocenters. The summed E-state index contributed by atoms with van der Waals surface area (Å²) in [4.78, 5) is 0.229. The lowest BCUT2D eigenvalue weighted by atomic mass is 9.87. The van der Waals surface area contributed by atoms with Crippen molar-refractivity contribution in [1.82, 2.24) is 0 Å². The zero-order valence-corrected chi connectivity index (χ0v) is 12.7. The van der Waals surface area contributed by atoms with Gasteiger partial charge in [-0.3, -0.25) is 0 Å². The Morgan fingerprint density at radius 1 is 1.26 bits per heavy atom. The van der Waals surface area contributed by atoms with Gasteiger partial charge >= 0.3 is 0 Å². The van der Waals surface area contributed by atoms with Gasteiger partial charge in [-0.05, 0) is 29.5 Å². The molecule has 19 heavy (non-hydrogen) atoms. The fourth-order valence-corrected chi connectivity index (χ4v) is 3.45. The Labute approximate surface area is 115 Å². The van der Waals surface area contributed by atoms with E-state index in [-0.39, 0.29) is 10.3 Å². The molecule has 0 saturated heterocycles. The highest BCUT2D eigenvalue weighted by Crippen LogP contribution is 2.27. The van der Waals surface area contributed by atoms with Crippen molar-refractivity contribution < 1.29 is 18.6 Å². The second-order valence-electron chi connectivity index (χ2n) is 5.85. The van der Waals surface area contributed by atoms with Gasteiger partial charge in [-0.2, -0.15) is 0 Å². The smallest absolute Gasteiger partial charge is 0.181 e. The third-order valence-corrected chi connectivity index (χ3v) is 4.95. The molecule has 0 aliphatic heterocycles. The average Bonchev–Trinajstić information content (AvgIpc) is 2.26. The second-order valence-corrected chi connectivity index (χ2v) is 7.85. The summed E-state index contributed by atoms with van der Waals surface area (Å²) in [6.45, 7) is 7.20. The monoisotopic (exact) mass is 286 g/mol. The first-order chi connectivity index (χ1) is 8.58. The summed E-state index contributed by atoms with van der Waals surface area (Å²) in [6.07, 6.45) is -1.25. The van der Waals surface area contributed by atoms with Crippen molar-refractivity contribution in [3.8, 4) is 0 Å². The minimum Gasteiger partial charge on any atom is -0.394 e. The Kier molecular flexibility index (Phi) is 4.76. The van der Waals surface area contributed by atoms with E-state index in [0.29, 0.717) is 5.56 Å². The van der Waals surface area contributed by atoms with E-state index in [1.54, 1.807) is 19.1 Å². The molecule has 2 N–H and O–H groups in total. The van der Waals surface area contributed by atoms with Crippen LogP contribution in [0.3, 0.4) is 0 Å². The van der Waals surface area contributed by atoms with Gasteiger partial charge in [0.15, 0.2) is 9.84 Å². The number of aliphatic hydroxyl groups excluding tert-OH is 2. The number of sulfone groups is 1. The van der Waals surface area contributed by atoms with Crippen LogP contribution < -0.4 is 0 Å². The first-order valence-electron chi connectivity index (χ1n) is 6.21. The van der Waals surface area contributed by atoms with Gasteiger partial charge in [-0.25, -0.2) is 8.42 Å². The number of rotatable bonds is 4. The zero-order valence-electron chi connectivity index (χ0n) is 11.8. The fourth-order valence-electron chi connectivity index (χ4n) is 1.80. The van der Waals surface area contributed by atoms with E-state index < -0.39 is 28.3 Å². The predicted molar refractivity (Wildman–Crippen MR) is 75.0 cm³/mol. The molecule has 0 aliphatic carbocycles. The summed E-state index contributed by atoms with van der Waals surface area (Å²) < 4.78 is 24.5. The first kappa shape index (κ1) is 16.1. The summed E-state index contributed by atoms with van der Waals surface area (Å²) in [5.41, 5.74) is 1.43. The normalized spacial score (nSPS) is 14.4. The van der Waals surface area contributed by atoms with Gasteiger partial charge in [0.25, 0.3) is 0 Å². The van der Waals surface area contributed by atoms with Crippen LogP contribution in [0.1, 0.15) is 31.9 Å². The van der Waals surface area contributed by atoms with Gasteiger partial charge < -0.3 is 10.2 Å². The van der Waals surface area contributed by atoms with Crippen LogP contribution in [0.5, 0.6) is 0 Å². The Morgan fingerprint density at radius 2 is 1.84 bits per heavy atom. The molecule has 1 rings (SSSR count). The van der Waals surface area contributed by atoms with E-state index in [1.165, 1.54) is 0 Å². The Morgan fingerprint density at radius 3 is 2.32 bits per heavy atom. The molecule has 0 aromatic heterocycles. The molecule has 108 valence electrons. The van der Waals surface area contributed by atoms with Crippen LogP contribution >= 0.6 is 0 Å². The van der Waals surface area contributed by atoms with Crippen LogP contribution in [0.25, 0.3) is 0 Å². The predicted octanol–water partition coefficient (Wildman–Crippen LogP) is 1.42. The van der Waals surface area contributed by atoms with Crippen molar-refractivity contribution in [2.45, 2.75) is 44.1 Å². The molecule has 5 heteroatoms. The molecule has 1 unspecified atom stereocenters. The maximum atomic E-state index is 12.2. The standard InChI is InChI=1S/C14H22O4S/c1-10-5-6-11(14(2,3)4)7-13(10)19(17,18)9-12(16)8-15/h5-7,12,15-16H,8-9H2,1-4H3. The molecule has 0 fully saturated rings. The van der Waals surface area contributed by atoms with Crippen molar-refractivity contribution >= 4 is 9.84 Å². The van der Waals surface area contributed by atoms with Gasteiger partial charge in [-0.15, -0.1) is 0 Å². The third kappa shape index (κ3) is 4.03. The minimum absolute atomic E-state index is 0.145. The summed E-state index contributed by atoms with van der Waals surface area (Å²) >= 11 is 0. The molecule has 0 aliphatic rings. The van der Waals surface area contributed by atoms with Crippen LogP contribution in [-0.2, 0) is 15.3 Å². The number of hydrogen-bond acceptors (Lipinski definition) is 4. The van der Waals surface area contributed by atoms with Crippen molar-refractivity contribution in [1.29, 1.82) is 0 Å². The largest absolute Gasteiger partial charge is 0.394 e. The van der Waals surface area contributed by atoms with E-state index in [1.807, 2.05) is 26.8 Å². The van der Waals surface area contributed by atoms with E-state index in [0.717, 1.165) is 5.56 Å². The maximum Gasteiger partial charge on any atom is 0.181 e. The SMILES string of the molecule is Cc1ccc(C(C)(C)C)cc1S(=O)(=O)CC(O)CO. The van der Waals surface area contributed by atoms with Crippen molar-refractivity contribution in [2.24, 2.45) is 0 Å². The number of aliphatic hydroxyl groups is 2. The Bertz CT molecular complexity index is 541. The highest BCUT2D eigenvalue weighted by molar-refractivity contribution is 7.91. The molecule has 0 saturated carbocycles. The molecule has 0 bridgehead atoms. The van der Waals surface area contributed by atoms with Gasteiger partial charge in [0.1, 0.15) is 0 Å². The lowest BCUT2D eigenvalue weighted by Gasteiger charge is -2.21. The van der Waals surface area contributed by atoms with Crippen molar-refractivity contribution in [3.63, 3.8) is 0 Å². The van der Waals surface area contributed by atoms with Crippen LogP contribution in [0.15, 0.2) is 23.1 Å². The molecule has 4 nitrogen and oxygen atoms in total. The Balaban J connectivity index is 3.26. The number of benzene rings is 1. The third-order valence-electron chi connectivity index (χ3n) is 3.01. The molecule has 1 aromatic carbocycles. The van der Waals surface area contributed by atoms with E-state index in [2.05, 4.69) is 0 Å². The van der Waals surface area contributed by atoms with E-state index in [4.69, 9.17) is 5.11 Å². The van der Waals surface area contributed by atoms with E-state index >= 15 is 0 Å². The Hall–Kier alpha value is -0.910. The first-order valence-corrected chi connectivity index (χ1v) is 7.86. The van der Waals surface area contributed by atoms with Crippen LogP contribution in [0.4, 0.5) is 0 Å². The molecule has 0 radical (unpaired) electrons. The average molecular weight is 286 g/mol. The van der Waals surface area contributed by atoms with Crippen LogP contribution in [0, 0.1) is 6.92 Å². The topological polar surface area (TPSA) is 74.6 Å². The van der Waals surface area contributed by atoms with Crippen molar-refractivity contribution in [2.75, 3.05) is 12.4 Å². The number of hydrogen-bond donors (Lipinski definition) is 2. The lowest BCUT2D eigenvalue weighted by molar-refractivity contribution is 0.112. The zero-order chi connectivity index (χ0) is 14.8.